The van der Waals surface area contributed by atoms with Gasteiger partial charge in [-0.25, -0.2) is 4.79 Å². The maximum atomic E-state index is 13.6. The summed E-state index contributed by atoms with van der Waals surface area (Å²) in [6, 6.07) is 7.43. The number of aliphatic hydroxyl groups is 1. The molecule has 0 radical (unpaired) electrons. The molecule has 33 heavy (non-hydrogen) atoms. The van der Waals surface area contributed by atoms with Gasteiger partial charge in [0.15, 0.2) is 0 Å². The van der Waals surface area contributed by atoms with Crippen molar-refractivity contribution in [3.05, 3.63) is 23.8 Å². The van der Waals surface area contributed by atoms with E-state index in [-0.39, 0.29) is 24.1 Å². The number of anilines is 2. The topological polar surface area (TPSA) is 108 Å². The summed E-state index contributed by atoms with van der Waals surface area (Å²) in [5.74, 6) is 0.223. The van der Waals surface area contributed by atoms with E-state index in [0.717, 1.165) is 63.7 Å². The first-order valence-electron chi connectivity index (χ1n) is 12.1. The lowest BCUT2D eigenvalue weighted by atomic mass is 9.78. The molecule has 2 amide bonds. The molecule has 2 N–H and O–H groups in total. The Morgan fingerprint density at radius 3 is 2.58 bits per heavy atom. The van der Waals surface area contributed by atoms with E-state index < -0.39 is 11.5 Å². The van der Waals surface area contributed by atoms with Crippen LogP contribution in [0.3, 0.4) is 0 Å². The highest BCUT2D eigenvalue weighted by Crippen LogP contribution is 2.44. The number of carbonyl (C=O) groups is 2. The van der Waals surface area contributed by atoms with Crippen LogP contribution in [0.15, 0.2) is 18.2 Å². The average molecular weight is 455 g/mol. The van der Waals surface area contributed by atoms with Crippen molar-refractivity contribution < 1.29 is 19.8 Å². The zero-order valence-electron chi connectivity index (χ0n) is 19.5. The third-order valence-corrected chi connectivity index (χ3v) is 7.67. The van der Waals surface area contributed by atoms with Crippen LogP contribution in [-0.2, 0) is 4.79 Å². The van der Waals surface area contributed by atoms with Gasteiger partial charge in [-0.2, -0.15) is 5.26 Å². The lowest BCUT2D eigenvalue weighted by Crippen LogP contribution is -2.50. The fourth-order valence-electron chi connectivity index (χ4n) is 5.95. The number of carbonyl (C=O) groups excluding carboxylic acids is 1. The minimum Gasteiger partial charge on any atom is -0.465 e. The first-order valence-corrected chi connectivity index (χ1v) is 12.1. The lowest BCUT2D eigenvalue weighted by Gasteiger charge is -2.41. The van der Waals surface area contributed by atoms with Gasteiger partial charge < -0.3 is 20.0 Å². The Morgan fingerprint density at radius 2 is 1.94 bits per heavy atom. The molecule has 178 valence electrons. The molecule has 3 aliphatic rings. The number of benzene rings is 1. The number of hydrogen-bond acceptors (Lipinski definition) is 5. The molecule has 0 bridgehead atoms. The Morgan fingerprint density at radius 1 is 1.21 bits per heavy atom. The van der Waals surface area contributed by atoms with Crippen LogP contribution in [0.4, 0.5) is 16.2 Å². The Labute approximate surface area is 195 Å². The fourth-order valence-corrected chi connectivity index (χ4v) is 5.95. The van der Waals surface area contributed by atoms with Gasteiger partial charge in [0, 0.05) is 37.4 Å². The van der Waals surface area contributed by atoms with E-state index in [1.807, 2.05) is 6.07 Å². The van der Waals surface area contributed by atoms with Crippen LogP contribution in [0.2, 0.25) is 0 Å². The van der Waals surface area contributed by atoms with Crippen LogP contribution in [0, 0.1) is 16.7 Å². The highest BCUT2D eigenvalue weighted by molar-refractivity contribution is 5.88. The molecule has 1 aromatic carbocycles. The van der Waals surface area contributed by atoms with Crippen LogP contribution in [0.25, 0.3) is 0 Å². The van der Waals surface area contributed by atoms with Gasteiger partial charge in [0.2, 0.25) is 5.91 Å². The maximum Gasteiger partial charge on any atom is 0.412 e. The summed E-state index contributed by atoms with van der Waals surface area (Å²) in [5.41, 5.74) is 1.25. The number of nitrogens with zero attached hydrogens (tertiary/aromatic N) is 4. The van der Waals surface area contributed by atoms with Gasteiger partial charge in [-0.05, 0) is 77.0 Å². The largest absolute Gasteiger partial charge is 0.465 e. The Hall–Kier alpha value is -2.79. The first kappa shape index (κ1) is 23.4. The summed E-state index contributed by atoms with van der Waals surface area (Å²) in [7, 11) is 0. The Balaban J connectivity index is 1.55. The highest BCUT2D eigenvalue weighted by atomic mass is 16.4. The van der Waals surface area contributed by atoms with E-state index in [9.17, 15) is 25.1 Å². The van der Waals surface area contributed by atoms with Crippen molar-refractivity contribution in [1.82, 2.24) is 4.90 Å². The molecule has 8 heteroatoms. The monoisotopic (exact) mass is 454 g/mol. The third-order valence-electron chi connectivity index (χ3n) is 7.67. The van der Waals surface area contributed by atoms with E-state index in [4.69, 9.17) is 0 Å². The third kappa shape index (κ3) is 4.39. The predicted molar refractivity (Wildman–Crippen MR) is 125 cm³/mol. The molecule has 4 rings (SSSR count). The van der Waals surface area contributed by atoms with E-state index in [1.165, 1.54) is 4.90 Å². The van der Waals surface area contributed by atoms with Gasteiger partial charge in [0.25, 0.3) is 0 Å². The minimum absolute atomic E-state index is 0.223. The summed E-state index contributed by atoms with van der Waals surface area (Å²) in [4.78, 5) is 30.7. The van der Waals surface area contributed by atoms with E-state index in [2.05, 4.69) is 15.9 Å². The minimum atomic E-state index is -1.05. The molecule has 0 aromatic heterocycles. The second-order valence-electron chi connectivity index (χ2n) is 10.1. The number of amides is 2. The van der Waals surface area contributed by atoms with E-state index in [1.54, 1.807) is 26.0 Å². The first-order chi connectivity index (χ1) is 15.8. The van der Waals surface area contributed by atoms with Crippen LogP contribution in [-0.4, -0.2) is 64.9 Å². The molecule has 2 saturated heterocycles. The number of carboxylic acid groups (broad SMARTS) is 1. The molecule has 8 nitrogen and oxygen atoms in total. The number of likely N-dealkylation sites (tertiary alicyclic amines) is 1. The SMILES string of the molecule is CC(C)N(C(=O)O)c1ccc(N2CCC[C@]3(CCN(C4CCC(O)CC4)C3=O)C2)c(C#N)c1. The number of nitriles is 1. The highest BCUT2D eigenvalue weighted by Gasteiger charge is 2.50. The van der Waals surface area contributed by atoms with Crippen molar-refractivity contribution in [1.29, 1.82) is 5.26 Å². The quantitative estimate of drug-likeness (QED) is 0.720. The van der Waals surface area contributed by atoms with Crippen LogP contribution >= 0.6 is 0 Å². The zero-order valence-corrected chi connectivity index (χ0v) is 19.5. The molecule has 1 aromatic rings. The summed E-state index contributed by atoms with van der Waals surface area (Å²) in [6.45, 7) is 5.71. The second kappa shape index (κ2) is 9.22. The molecule has 3 fully saturated rings. The number of rotatable bonds is 4. The summed E-state index contributed by atoms with van der Waals surface area (Å²) < 4.78 is 0. The lowest BCUT2D eigenvalue weighted by molar-refractivity contribution is -0.139. The number of hydrogen-bond donors (Lipinski definition) is 2. The summed E-state index contributed by atoms with van der Waals surface area (Å²) in [6.07, 6.45) is 4.51. The predicted octanol–water partition coefficient (Wildman–Crippen LogP) is 3.57. The standard InChI is InChI=1S/C25H34N4O4/c1-17(2)29(24(32)33)20-6-9-22(18(14-20)15-26)27-12-3-10-25(16-27)11-13-28(23(25)31)19-4-7-21(30)8-5-19/h6,9,14,17,19,21,30H,3-5,7-8,10-13,16H2,1-2H3,(H,32,33)/t19?,21?,25-/m0/s1. The van der Waals surface area contributed by atoms with Gasteiger partial charge in [0.05, 0.1) is 22.8 Å². The van der Waals surface area contributed by atoms with Crippen LogP contribution in [0.1, 0.15) is 64.4 Å². The van der Waals surface area contributed by atoms with Gasteiger partial charge >= 0.3 is 6.09 Å². The molecule has 1 saturated carbocycles. The van der Waals surface area contributed by atoms with Crippen LogP contribution < -0.4 is 9.80 Å². The smallest absolute Gasteiger partial charge is 0.412 e. The zero-order chi connectivity index (χ0) is 23.8. The molecular formula is C25H34N4O4. The molecule has 2 aliphatic heterocycles. The molecule has 1 aliphatic carbocycles. The molecule has 1 spiro atoms. The Bertz CT molecular complexity index is 950. The molecule has 2 heterocycles. The van der Waals surface area contributed by atoms with Crippen molar-refractivity contribution in [3.63, 3.8) is 0 Å². The summed E-state index contributed by atoms with van der Waals surface area (Å²) >= 11 is 0. The maximum absolute atomic E-state index is 13.6. The van der Waals surface area contributed by atoms with Crippen molar-refractivity contribution in [2.45, 2.75) is 77.0 Å². The van der Waals surface area contributed by atoms with Gasteiger partial charge in [0.1, 0.15) is 6.07 Å². The second-order valence-corrected chi connectivity index (χ2v) is 10.1. The van der Waals surface area contributed by atoms with Crippen LogP contribution in [0.5, 0.6) is 0 Å². The Kier molecular flexibility index (Phi) is 6.53. The molecular weight excluding hydrogens is 420 g/mol. The average Bonchev–Trinajstić information content (AvgIpc) is 3.09. The van der Waals surface area contributed by atoms with Crippen molar-refractivity contribution in [2.24, 2.45) is 5.41 Å². The molecule has 0 unspecified atom stereocenters. The fraction of sp³-hybridized carbons (Fsp3) is 0.640. The molecule has 1 atom stereocenters. The van der Waals surface area contributed by atoms with Gasteiger partial charge in [-0.1, -0.05) is 0 Å². The van der Waals surface area contributed by atoms with E-state index in [0.29, 0.717) is 17.8 Å². The normalized spacial score (nSPS) is 27.8. The van der Waals surface area contributed by atoms with Crippen molar-refractivity contribution in [2.75, 3.05) is 29.4 Å². The van der Waals surface area contributed by atoms with Gasteiger partial charge in [-0.3, -0.25) is 9.69 Å². The van der Waals surface area contributed by atoms with Gasteiger partial charge in [-0.15, -0.1) is 0 Å². The van der Waals surface area contributed by atoms with Crippen molar-refractivity contribution in [3.8, 4) is 6.07 Å². The number of piperidine rings is 1. The number of aliphatic hydroxyl groups excluding tert-OH is 1. The van der Waals surface area contributed by atoms with E-state index >= 15 is 0 Å². The van der Waals surface area contributed by atoms with Crippen molar-refractivity contribution >= 4 is 23.4 Å². The summed E-state index contributed by atoms with van der Waals surface area (Å²) in [5, 5.41) is 29.2.